The van der Waals surface area contributed by atoms with Crippen molar-refractivity contribution < 1.29 is 0 Å². The first-order chi connectivity index (χ1) is 7.72. The molecule has 1 saturated carbocycles. The fourth-order valence-corrected chi connectivity index (χ4v) is 3.74. The molecule has 4 atom stereocenters. The maximum absolute atomic E-state index is 3.81. The van der Waals surface area contributed by atoms with Crippen molar-refractivity contribution in [3.8, 4) is 0 Å². The van der Waals surface area contributed by atoms with E-state index >= 15 is 0 Å². The summed E-state index contributed by atoms with van der Waals surface area (Å²) in [7, 11) is 0. The highest BCUT2D eigenvalue weighted by atomic mass is 32.1. The Labute approximate surface area is 103 Å². The molecule has 0 bridgehead atoms. The fraction of sp³-hybridized carbons (Fsp3) is 0.714. The van der Waals surface area contributed by atoms with Crippen LogP contribution in [-0.4, -0.2) is 6.04 Å². The normalized spacial score (nSPS) is 31.8. The lowest BCUT2D eigenvalue weighted by Gasteiger charge is -2.24. The maximum atomic E-state index is 3.81. The molecule has 2 heteroatoms. The van der Waals surface area contributed by atoms with Gasteiger partial charge in [0.1, 0.15) is 0 Å². The van der Waals surface area contributed by atoms with Gasteiger partial charge in [-0.1, -0.05) is 26.3 Å². The molecule has 16 heavy (non-hydrogen) atoms. The molecule has 0 aliphatic heterocycles. The van der Waals surface area contributed by atoms with Gasteiger partial charge in [-0.15, -0.1) is 11.3 Å². The van der Waals surface area contributed by atoms with Crippen molar-refractivity contribution in [2.45, 2.75) is 52.1 Å². The summed E-state index contributed by atoms with van der Waals surface area (Å²) in [6.07, 6.45) is 4.11. The van der Waals surface area contributed by atoms with Crippen LogP contribution in [0.1, 0.15) is 51.0 Å². The molecular formula is C14H23NS. The van der Waals surface area contributed by atoms with Crippen LogP contribution in [0, 0.1) is 11.8 Å². The Balaban J connectivity index is 1.91. The lowest BCUT2D eigenvalue weighted by atomic mass is 9.93. The highest BCUT2D eigenvalue weighted by Crippen LogP contribution is 2.35. The van der Waals surface area contributed by atoms with Gasteiger partial charge in [0.2, 0.25) is 0 Å². The molecule has 0 spiro atoms. The quantitative estimate of drug-likeness (QED) is 0.826. The fourth-order valence-electron chi connectivity index (χ4n) is 3.00. The summed E-state index contributed by atoms with van der Waals surface area (Å²) in [5.41, 5.74) is 0. The van der Waals surface area contributed by atoms with Gasteiger partial charge < -0.3 is 5.32 Å². The largest absolute Gasteiger partial charge is 0.306 e. The van der Waals surface area contributed by atoms with Gasteiger partial charge in [-0.05, 0) is 43.0 Å². The number of hydrogen-bond acceptors (Lipinski definition) is 2. The van der Waals surface area contributed by atoms with Crippen LogP contribution in [0.25, 0.3) is 0 Å². The Morgan fingerprint density at radius 3 is 2.88 bits per heavy atom. The van der Waals surface area contributed by atoms with E-state index < -0.39 is 0 Å². The van der Waals surface area contributed by atoms with Gasteiger partial charge in [0.05, 0.1) is 0 Å². The Morgan fingerprint density at radius 1 is 1.50 bits per heavy atom. The molecule has 0 saturated heterocycles. The molecule has 1 aliphatic rings. The number of nitrogens with one attached hydrogen (secondary N) is 1. The third-order valence-electron chi connectivity index (χ3n) is 4.19. The lowest BCUT2D eigenvalue weighted by molar-refractivity contribution is 0.328. The highest BCUT2D eigenvalue weighted by molar-refractivity contribution is 7.10. The van der Waals surface area contributed by atoms with E-state index in [1.54, 1.807) is 0 Å². The Kier molecular flexibility index (Phi) is 4.04. The molecule has 0 radical (unpaired) electrons. The van der Waals surface area contributed by atoms with E-state index in [-0.39, 0.29) is 0 Å². The Bertz CT molecular complexity index is 307. The zero-order valence-corrected chi connectivity index (χ0v) is 11.4. The Morgan fingerprint density at radius 2 is 2.31 bits per heavy atom. The number of rotatable bonds is 4. The van der Waals surface area contributed by atoms with E-state index in [1.807, 2.05) is 11.3 Å². The van der Waals surface area contributed by atoms with E-state index in [2.05, 4.69) is 43.6 Å². The summed E-state index contributed by atoms with van der Waals surface area (Å²) in [5, 5.41) is 5.97. The van der Waals surface area contributed by atoms with E-state index in [1.165, 1.54) is 24.1 Å². The van der Waals surface area contributed by atoms with Crippen LogP contribution in [0.5, 0.6) is 0 Å². The first kappa shape index (κ1) is 12.1. The second-order valence-corrected chi connectivity index (χ2v) is 6.09. The molecule has 2 rings (SSSR count). The summed E-state index contributed by atoms with van der Waals surface area (Å²) in [4.78, 5) is 1.46. The third kappa shape index (κ3) is 2.49. The van der Waals surface area contributed by atoms with Crippen molar-refractivity contribution in [1.82, 2.24) is 5.32 Å². The molecule has 1 nitrogen and oxygen atoms in total. The van der Waals surface area contributed by atoms with E-state index in [4.69, 9.17) is 0 Å². The molecule has 0 amide bonds. The number of hydrogen-bond donors (Lipinski definition) is 1. The molecule has 1 fully saturated rings. The molecule has 1 N–H and O–H groups in total. The van der Waals surface area contributed by atoms with Crippen molar-refractivity contribution in [2.24, 2.45) is 11.8 Å². The minimum atomic E-state index is 0.517. The van der Waals surface area contributed by atoms with Crippen LogP contribution < -0.4 is 5.32 Å². The smallest absolute Gasteiger partial charge is 0.0388 e. The second-order valence-electron chi connectivity index (χ2n) is 5.12. The van der Waals surface area contributed by atoms with Crippen LogP contribution in [0.4, 0.5) is 0 Å². The molecule has 90 valence electrons. The highest BCUT2D eigenvalue weighted by Gasteiger charge is 2.32. The van der Waals surface area contributed by atoms with Crippen molar-refractivity contribution in [3.05, 3.63) is 22.4 Å². The number of thiophene rings is 1. The molecule has 4 unspecified atom stereocenters. The van der Waals surface area contributed by atoms with Crippen LogP contribution in [0.15, 0.2) is 17.5 Å². The van der Waals surface area contributed by atoms with Gasteiger partial charge in [0.25, 0.3) is 0 Å². The SMILES string of the molecule is CCC1CCC(NC(C)c2cccs2)C1C. The van der Waals surface area contributed by atoms with Crippen molar-refractivity contribution in [3.63, 3.8) is 0 Å². The topological polar surface area (TPSA) is 12.0 Å². The lowest BCUT2D eigenvalue weighted by Crippen LogP contribution is -2.34. The van der Waals surface area contributed by atoms with Gasteiger partial charge in [-0.25, -0.2) is 0 Å². The van der Waals surface area contributed by atoms with Gasteiger partial charge in [0.15, 0.2) is 0 Å². The summed E-state index contributed by atoms with van der Waals surface area (Å²) >= 11 is 1.86. The van der Waals surface area contributed by atoms with Crippen molar-refractivity contribution >= 4 is 11.3 Å². The first-order valence-electron chi connectivity index (χ1n) is 6.51. The average Bonchev–Trinajstić information content (AvgIpc) is 2.89. The van der Waals surface area contributed by atoms with E-state index in [9.17, 15) is 0 Å². The Hall–Kier alpha value is -0.340. The molecule has 1 aromatic heterocycles. The molecular weight excluding hydrogens is 214 g/mol. The molecule has 0 aromatic carbocycles. The van der Waals surface area contributed by atoms with Gasteiger partial charge in [0, 0.05) is 17.0 Å². The van der Waals surface area contributed by atoms with Gasteiger partial charge in [-0.3, -0.25) is 0 Å². The van der Waals surface area contributed by atoms with Crippen LogP contribution in [-0.2, 0) is 0 Å². The van der Waals surface area contributed by atoms with Crippen LogP contribution >= 0.6 is 11.3 Å². The zero-order chi connectivity index (χ0) is 11.5. The van der Waals surface area contributed by atoms with Gasteiger partial charge in [-0.2, -0.15) is 0 Å². The monoisotopic (exact) mass is 237 g/mol. The summed E-state index contributed by atoms with van der Waals surface area (Å²) in [6, 6.07) is 5.62. The second kappa shape index (κ2) is 5.33. The standard InChI is InChI=1S/C14H23NS/c1-4-12-7-8-13(10(12)2)15-11(3)14-6-5-9-16-14/h5-6,9-13,15H,4,7-8H2,1-3H3. The minimum Gasteiger partial charge on any atom is -0.306 e. The van der Waals surface area contributed by atoms with Gasteiger partial charge >= 0.3 is 0 Å². The summed E-state index contributed by atoms with van der Waals surface area (Å²) in [6.45, 7) is 7.03. The predicted molar refractivity (Wildman–Crippen MR) is 71.8 cm³/mol. The minimum absolute atomic E-state index is 0.517. The third-order valence-corrected chi connectivity index (χ3v) is 5.24. The average molecular weight is 237 g/mol. The van der Waals surface area contributed by atoms with Crippen LogP contribution in [0.3, 0.4) is 0 Å². The van der Waals surface area contributed by atoms with E-state index in [0.29, 0.717) is 6.04 Å². The zero-order valence-electron chi connectivity index (χ0n) is 10.6. The van der Waals surface area contributed by atoms with Crippen LogP contribution in [0.2, 0.25) is 0 Å². The van der Waals surface area contributed by atoms with Crippen molar-refractivity contribution in [2.75, 3.05) is 0 Å². The predicted octanol–water partition coefficient (Wildman–Crippen LogP) is 4.22. The summed E-state index contributed by atoms with van der Waals surface area (Å²) in [5.74, 6) is 1.78. The first-order valence-corrected chi connectivity index (χ1v) is 7.39. The van der Waals surface area contributed by atoms with E-state index in [0.717, 1.165) is 17.9 Å². The van der Waals surface area contributed by atoms with Crippen molar-refractivity contribution in [1.29, 1.82) is 0 Å². The molecule has 1 aromatic rings. The maximum Gasteiger partial charge on any atom is 0.0388 e. The molecule has 1 heterocycles. The summed E-state index contributed by atoms with van der Waals surface area (Å²) < 4.78 is 0. The molecule has 1 aliphatic carbocycles.